The van der Waals surface area contributed by atoms with Gasteiger partial charge in [-0.15, -0.1) is 0 Å². The van der Waals surface area contributed by atoms with Gasteiger partial charge in [-0.25, -0.2) is 4.98 Å². The molecule has 0 aliphatic carbocycles. The van der Waals surface area contributed by atoms with Crippen LogP contribution in [0.3, 0.4) is 0 Å². The lowest BCUT2D eigenvalue weighted by molar-refractivity contribution is 0.188. The molecule has 6 heteroatoms. The van der Waals surface area contributed by atoms with Crippen LogP contribution in [0.5, 0.6) is 0 Å². The summed E-state index contributed by atoms with van der Waals surface area (Å²) < 4.78 is 0.894. The van der Waals surface area contributed by atoms with Gasteiger partial charge in [0.15, 0.2) is 0 Å². The molecule has 17 heavy (non-hydrogen) atoms. The Hall–Kier alpha value is -0.360. The maximum absolute atomic E-state index is 8.88. The number of aliphatic hydroxyl groups excluding tert-OH is 1. The monoisotopic (exact) mass is 319 g/mol. The van der Waals surface area contributed by atoms with Crippen LogP contribution in [0.2, 0.25) is 5.02 Å². The zero-order valence-corrected chi connectivity index (χ0v) is 11.8. The summed E-state index contributed by atoms with van der Waals surface area (Å²) in [6, 6.07) is 1.87. The van der Waals surface area contributed by atoms with Crippen LogP contribution < -0.4 is 4.90 Å². The number of aromatic nitrogens is 1. The highest BCUT2D eigenvalue weighted by molar-refractivity contribution is 9.10. The number of β-amino-alcohol motifs (C(OH)–C–C–N with tert-alkyl or cyclic N) is 1. The summed E-state index contributed by atoms with van der Waals surface area (Å²) in [6.07, 6.45) is 1.77. The van der Waals surface area contributed by atoms with E-state index in [4.69, 9.17) is 16.7 Å². The third-order valence-corrected chi connectivity index (χ3v) is 3.59. The maximum atomic E-state index is 8.88. The fraction of sp³-hybridized carbons (Fsp3) is 0.545. The van der Waals surface area contributed by atoms with E-state index < -0.39 is 0 Å². The number of anilines is 1. The minimum Gasteiger partial charge on any atom is -0.395 e. The molecule has 0 unspecified atom stereocenters. The highest BCUT2D eigenvalue weighted by Gasteiger charge is 2.19. The summed E-state index contributed by atoms with van der Waals surface area (Å²) in [6.45, 7) is 4.64. The number of piperazine rings is 1. The molecule has 1 saturated heterocycles. The molecule has 0 spiro atoms. The third kappa shape index (κ3) is 3.31. The summed E-state index contributed by atoms with van der Waals surface area (Å²) in [7, 11) is 0. The quantitative estimate of drug-likeness (QED) is 0.918. The molecule has 2 rings (SSSR count). The van der Waals surface area contributed by atoms with E-state index in [1.165, 1.54) is 0 Å². The van der Waals surface area contributed by atoms with Crippen LogP contribution in [0.25, 0.3) is 0 Å². The normalized spacial score (nSPS) is 17.5. The Labute approximate surface area is 114 Å². The van der Waals surface area contributed by atoms with Crippen molar-refractivity contribution in [1.82, 2.24) is 9.88 Å². The number of pyridine rings is 1. The van der Waals surface area contributed by atoms with Gasteiger partial charge in [-0.3, -0.25) is 4.90 Å². The minimum atomic E-state index is 0.220. The summed E-state index contributed by atoms with van der Waals surface area (Å²) >= 11 is 9.52. The molecule has 1 aromatic rings. The second-order valence-corrected chi connectivity index (χ2v) is 5.33. The third-order valence-electron chi connectivity index (χ3n) is 2.88. The first kappa shape index (κ1) is 13.1. The lowest BCUT2D eigenvalue weighted by atomic mass is 10.3. The predicted octanol–water partition coefficient (Wildman–Crippen LogP) is 1.61. The van der Waals surface area contributed by atoms with Crippen molar-refractivity contribution in [3.05, 3.63) is 21.8 Å². The average molecular weight is 321 g/mol. The first-order valence-electron chi connectivity index (χ1n) is 5.60. The van der Waals surface area contributed by atoms with Gasteiger partial charge in [0.05, 0.1) is 11.6 Å². The van der Waals surface area contributed by atoms with Gasteiger partial charge >= 0.3 is 0 Å². The van der Waals surface area contributed by atoms with Crippen molar-refractivity contribution < 1.29 is 5.11 Å². The van der Waals surface area contributed by atoms with Crippen molar-refractivity contribution in [3.8, 4) is 0 Å². The van der Waals surface area contributed by atoms with Gasteiger partial charge in [-0.1, -0.05) is 11.6 Å². The fourth-order valence-corrected chi connectivity index (χ4v) is 2.71. The van der Waals surface area contributed by atoms with Crippen molar-refractivity contribution >= 4 is 33.3 Å². The van der Waals surface area contributed by atoms with E-state index >= 15 is 0 Å². The molecule has 1 aliphatic rings. The van der Waals surface area contributed by atoms with Gasteiger partial charge < -0.3 is 10.0 Å². The molecular formula is C11H15BrClN3O. The Kier molecular flexibility index (Phi) is 4.62. The van der Waals surface area contributed by atoms with Gasteiger partial charge in [0.25, 0.3) is 0 Å². The van der Waals surface area contributed by atoms with Crippen LogP contribution >= 0.6 is 27.5 Å². The van der Waals surface area contributed by atoms with E-state index in [1.54, 1.807) is 6.20 Å². The topological polar surface area (TPSA) is 39.6 Å². The zero-order chi connectivity index (χ0) is 12.3. The van der Waals surface area contributed by atoms with Crippen LogP contribution in [-0.4, -0.2) is 54.3 Å². The second kappa shape index (κ2) is 6.00. The van der Waals surface area contributed by atoms with Crippen molar-refractivity contribution in [2.24, 2.45) is 0 Å². The molecule has 1 aliphatic heterocycles. The Bertz CT molecular complexity index is 383. The van der Waals surface area contributed by atoms with Gasteiger partial charge in [0, 0.05) is 43.4 Å². The number of nitrogens with zero attached hydrogens (tertiary/aromatic N) is 3. The molecule has 0 atom stereocenters. The number of halogens is 2. The van der Waals surface area contributed by atoms with E-state index in [0.29, 0.717) is 5.02 Å². The molecule has 1 aromatic heterocycles. The first-order valence-corrected chi connectivity index (χ1v) is 6.77. The fourth-order valence-electron chi connectivity index (χ4n) is 1.96. The van der Waals surface area contributed by atoms with E-state index in [2.05, 4.69) is 30.7 Å². The van der Waals surface area contributed by atoms with Gasteiger partial charge in [-0.05, 0) is 22.0 Å². The molecule has 0 amide bonds. The van der Waals surface area contributed by atoms with Crippen molar-refractivity contribution in [1.29, 1.82) is 0 Å². The Morgan fingerprint density at radius 1 is 1.35 bits per heavy atom. The Morgan fingerprint density at radius 2 is 2.06 bits per heavy atom. The molecule has 0 aromatic carbocycles. The molecule has 4 nitrogen and oxygen atoms in total. The maximum Gasteiger partial charge on any atom is 0.147 e. The molecule has 0 radical (unpaired) electrons. The van der Waals surface area contributed by atoms with Gasteiger partial charge in [0.1, 0.15) is 5.82 Å². The van der Waals surface area contributed by atoms with Crippen LogP contribution in [0.1, 0.15) is 0 Å². The zero-order valence-electron chi connectivity index (χ0n) is 9.44. The molecule has 1 fully saturated rings. The SMILES string of the molecule is OCCN1CCN(c2ncc(Br)cc2Cl)CC1. The molecule has 2 heterocycles. The highest BCUT2D eigenvalue weighted by atomic mass is 79.9. The second-order valence-electron chi connectivity index (χ2n) is 4.01. The summed E-state index contributed by atoms with van der Waals surface area (Å²) in [5.74, 6) is 0.846. The van der Waals surface area contributed by atoms with E-state index in [9.17, 15) is 0 Å². The number of hydrogen-bond acceptors (Lipinski definition) is 4. The Morgan fingerprint density at radius 3 is 2.65 bits per heavy atom. The predicted molar refractivity (Wildman–Crippen MR) is 72.7 cm³/mol. The summed E-state index contributed by atoms with van der Waals surface area (Å²) in [5, 5.41) is 9.56. The van der Waals surface area contributed by atoms with Crippen molar-refractivity contribution in [3.63, 3.8) is 0 Å². The number of hydrogen-bond donors (Lipinski definition) is 1. The molecule has 94 valence electrons. The molecular weight excluding hydrogens is 305 g/mol. The van der Waals surface area contributed by atoms with E-state index in [1.807, 2.05) is 6.07 Å². The summed E-state index contributed by atoms with van der Waals surface area (Å²) in [4.78, 5) is 8.77. The lowest BCUT2D eigenvalue weighted by Gasteiger charge is -2.35. The average Bonchev–Trinajstić information content (AvgIpc) is 2.31. The smallest absolute Gasteiger partial charge is 0.147 e. The van der Waals surface area contributed by atoms with Crippen LogP contribution in [0.4, 0.5) is 5.82 Å². The summed E-state index contributed by atoms with van der Waals surface area (Å²) in [5.41, 5.74) is 0. The standard InChI is InChI=1S/C11H15BrClN3O/c12-9-7-10(13)11(14-8-9)16-3-1-15(2-4-16)5-6-17/h7-8,17H,1-6H2. The number of rotatable bonds is 3. The molecule has 1 N–H and O–H groups in total. The highest BCUT2D eigenvalue weighted by Crippen LogP contribution is 2.26. The molecule has 0 bridgehead atoms. The Balaban J connectivity index is 2.00. The minimum absolute atomic E-state index is 0.220. The van der Waals surface area contributed by atoms with Crippen LogP contribution in [-0.2, 0) is 0 Å². The van der Waals surface area contributed by atoms with Crippen molar-refractivity contribution in [2.75, 3.05) is 44.2 Å². The number of aliphatic hydroxyl groups is 1. The van der Waals surface area contributed by atoms with Crippen LogP contribution in [0, 0.1) is 0 Å². The largest absolute Gasteiger partial charge is 0.395 e. The first-order chi connectivity index (χ1) is 8.20. The molecule has 0 saturated carbocycles. The van der Waals surface area contributed by atoms with Gasteiger partial charge in [0.2, 0.25) is 0 Å². The lowest BCUT2D eigenvalue weighted by Crippen LogP contribution is -2.47. The van der Waals surface area contributed by atoms with E-state index in [0.717, 1.165) is 43.0 Å². The van der Waals surface area contributed by atoms with Crippen LogP contribution in [0.15, 0.2) is 16.7 Å². The van der Waals surface area contributed by atoms with E-state index in [-0.39, 0.29) is 6.61 Å². The van der Waals surface area contributed by atoms with Crippen molar-refractivity contribution in [2.45, 2.75) is 0 Å². The van der Waals surface area contributed by atoms with Gasteiger partial charge in [-0.2, -0.15) is 0 Å².